The highest BCUT2D eigenvalue weighted by atomic mass is 15.1. The lowest BCUT2D eigenvalue weighted by molar-refractivity contribution is -0.663. The molecule has 1 aromatic heterocycles. The van der Waals surface area contributed by atoms with Gasteiger partial charge in [0.15, 0.2) is 11.0 Å². The lowest BCUT2D eigenvalue weighted by Crippen LogP contribution is -2.34. The molecule has 0 bridgehead atoms. The molecular weight excluding hydrogens is 292 g/mol. The average Bonchev–Trinajstić information content (AvgIpc) is 2.85. The van der Waals surface area contributed by atoms with Crippen molar-refractivity contribution in [2.24, 2.45) is 5.92 Å². The van der Waals surface area contributed by atoms with Crippen molar-refractivity contribution < 1.29 is 4.57 Å². The van der Waals surface area contributed by atoms with Crippen molar-refractivity contribution in [3.63, 3.8) is 0 Å². The number of hydrogen-bond acceptors (Lipinski definition) is 0. The van der Waals surface area contributed by atoms with Crippen molar-refractivity contribution in [2.75, 3.05) is 0 Å². The van der Waals surface area contributed by atoms with Gasteiger partial charge in [-0.25, -0.2) is 9.13 Å². The smallest absolute Gasteiger partial charge is 0.230 e. The summed E-state index contributed by atoms with van der Waals surface area (Å²) in [6.45, 7) is 8.78. The summed E-state index contributed by atoms with van der Waals surface area (Å²) in [4.78, 5) is 0. The summed E-state index contributed by atoms with van der Waals surface area (Å²) in [5.74, 6) is 0.872. The number of fused-ring (bicyclic) bond motifs is 1. The van der Waals surface area contributed by atoms with E-state index in [-0.39, 0.29) is 0 Å². The molecule has 4 rings (SSSR count). The van der Waals surface area contributed by atoms with E-state index in [1.807, 2.05) is 0 Å². The minimum atomic E-state index is 0.872. The van der Waals surface area contributed by atoms with Crippen molar-refractivity contribution in [3.05, 3.63) is 65.0 Å². The number of rotatable bonds is 4. The van der Waals surface area contributed by atoms with Crippen LogP contribution in [0.15, 0.2) is 42.7 Å². The van der Waals surface area contributed by atoms with Crippen molar-refractivity contribution in [2.45, 2.75) is 53.1 Å². The highest BCUT2D eigenvalue weighted by Crippen LogP contribution is 2.29. The topological polar surface area (TPSA) is 8.81 Å². The molecule has 1 aliphatic carbocycles. The van der Waals surface area contributed by atoms with Crippen LogP contribution in [-0.2, 0) is 13.1 Å². The Morgan fingerprint density at radius 1 is 1.04 bits per heavy atom. The standard InChI is InChI=1S/C22H27N2/c1-16-11-17(2)20(18(3)12-16)14-24-15-23(13-19-7-6-8-19)21-9-4-5-10-22(21)24/h4-5,9-12,15,19H,6-8,13-14H2,1-3H3/q+1. The maximum atomic E-state index is 2.47. The highest BCUT2D eigenvalue weighted by molar-refractivity contribution is 5.71. The zero-order valence-corrected chi connectivity index (χ0v) is 15.0. The molecule has 0 atom stereocenters. The molecule has 0 aliphatic heterocycles. The Balaban J connectivity index is 1.74. The van der Waals surface area contributed by atoms with Crippen LogP contribution in [0.25, 0.3) is 11.0 Å². The van der Waals surface area contributed by atoms with Crippen molar-refractivity contribution in [3.8, 4) is 0 Å². The first-order valence-corrected chi connectivity index (χ1v) is 9.16. The van der Waals surface area contributed by atoms with E-state index in [0.29, 0.717) is 0 Å². The predicted molar refractivity (Wildman–Crippen MR) is 99.2 cm³/mol. The van der Waals surface area contributed by atoms with Gasteiger partial charge in [-0.1, -0.05) is 36.2 Å². The third kappa shape index (κ3) is 2.75. The van der Waals surface area contributed by atoms with Crippen LogP contribution in [0, 0.1) is 26.7 Å². The van der Waals surface area contributed by atoms with Gasteiger partial charge >= 0.3 is 0 Å². The number of para-hydroxylation sites is 2. The summed E-state index contributed by atoms with van der Waals surface area (Å²) in [7, 11) is 0. The molecule has 0 unspecified atom stereocenters. The Morgan fingerprint density at radius 2 is 1.75 bits per heavy atom. The Labute approximate surface area is 144 Å². The van der Waals surface area contributed by atoms with Gasteiger partial charge in [0, 0.05) is 0 Å². The van der Waals surface area contributed by atoms with E-state index in [2.05, 4.69) is 72.6 Å². The quantitative estimate of drug-likeness (QED) is 0.616. The summed E-state index contributed by atoms with van der Waals surface area (Å²) >= 11 is 0. The molecule has 2 heteroatoms. The summed E-state index contributed by atoms with van der Waals surface area (Å²) in [5, 5.41) is 0. The Hall–Kier alpha value is -2.09. The van der Waals surface area contributed by atoms with Crippen LogP contribution in [0.1, 0.15) is 41.5 Å². The molecule has 0 N–H and O–H groups in total. The first kappa shape index (κ1) is 15.4. The molecule has 2 aromatic carbocycles. The molecule has 1 heterocycles. The van der Waals surface area contributed by atoms with E-state index in [1.54, 1.807) is 0 Å². The summed E-state index contributed by atoms with van der Waals surface area (Å²) < 4.78 is 4.90. The minimum Gasteiger partial charge on any atom is -0.230 e. The maximum absolute atomic E-state index is 2.47. The fourth-order valence-electron chi connectivity index (χ4n) is 4.10. The van der Waals surface area contributed by atoms with Crippen LogP contribution in [0.3, 0.4) is 0 Å². The Kier molecular flexibility index (Phi) is 3.91. The lowest BCUT2D eigenvalue weighted by atomic mass is 9.85. The van der Waals surface area contributed by atoms with Crippen LogP contribution in [0.4, 0.5) is 0 Å². The third-order valence-electron chi connectivity index (χ3n) is 5.63. The SMILES string of the molecule is Cc1cc(C)c(C[n+]2cn(CC3CCC3)c3ccccc32)c(C)c1. The lowest BCUT2D eigenvalue weighted by Gasteiger charge is -2.23. The molecule has 3 aromatic rings. The second kappa shape index (κ2) is 6.08. The van der Waals surface area contributed by atoms with E-state index in [1.165, 1.54) is 59.1 Å². The van der Waals surface area contributed by atoms with E-state index in [0.717, 1.165) is 12.5 Å². The van der Waals surface area contributed by atoms with Crippen molar-refractivity contribution in [1.29, 1.82) is 0 Å². The van der Waals surface area contributed by atoms with Crippen molar-refractivity contribution in [1.82, 2.24) is 4.57 Å². The fourth-order valence-corrected chi connectivity index (χ4v) is 4.10. The van der Waals surface area contributed by atoms with Crippen LogP contribution in [-0.4, -0.2) is 4.57 Å². The normalized spacial score (nSPS) is 15.0. The molecular formula is C22H27N2+. The van der Waals surface area contributed by atoms with E-state index < -0.39 is 0 Å². The van der Waals surface area contributed by atoms with Crippen LogP contribution in [0.2, 0.25) is 0 Å². The average molecular weight is 319 g/mol. The number of aryl methyl sites for hydroxylation is 3. The zero-order chi connectivity index (χ0) is 16.7. The molecule has 1 fully saturated rings. The summed E-state index contributed by atoms with van der Waals surface area (Å²) in [5.41, 5.74) is 8.32. The molecule has 1 saturated carbocycles. The van der Waals surface area contributed by atoms with Crippen LogP contribution in [0.5, 0.6) is 0 Å². The molecule has 2 nitrogen and oxygen atoms in total. The minimum absolute atomic E-state index is 0.872. The second-order valence-electron chi connectivity index (χ2n) is 7.56. The number of nitrogens with zero attached hydrogens (tertiary/aromatic N) is 2. The fraction of sp³-hybridized carbons (Fsp3) is 0.409. The van der Waals surface area contributed by atoms with Gasteiger partial charge < -0.3 is 0 Å². The molecule has 1 aliphatic rings. The van der Waals surface area contributed by atoms with Crippen LogP contribution >= 0.6 is 0 Å². The Bertz CT molecular complexity index is 861. The highest BCUT2D eigenvalue weighted by Gasteiger charge is 2.23. The van der Waals surface area contributed by atoms with Gasteiger partial charge in [0.05, 0.1) is 6.54 Å². The van der Waals surface area contributed by atoms with Gasteiger partial charge in [0.2, 0.25) is 6.33 Å². The van der Waals surface area contributed by atoms with Gasteiger partial charge in [-0.15, -0.1) is 0 Å². The summed E-state index contributed by atoms with van der Waals surface area (Å²) in [6, 6.07) is 13.4. The van der Waals surface area contributed by atoms with E-state index >= 15 is 0 Å². The Morgan fingerprint density at radius 3 is 2.42 bits per heavy atom. The molecule has 0 amide bonds. The molecule has 124 valence electrons. The predicted octanol–water partition coefficient (Wildman–Crippen LogP) is 4.70. The van der Waals surface area contributed by atoms with Gasteiger partial charge in [-0.05, 0) is 68.4 Å². The molecule has 0 radical (unpaired) electrons. The van der Waals surface area contributed by atoms with Crippen LogP contribution < -0.4 is 4.57 Å². The molecule has 0 saturated heterocycles. The first-order valence-electron chi connectivity index (χ1n) is 9.16. The molecule has 24 heavy (non-hydrogen) atoms. The number of hydrogen-bond donors (Lipinski definition) is 0. The third-order valence-corrected chi connectivity index (χ3v) is 5.63. The maximum Gasteiger partial charge on any atom is 0.245 e. The van der Waals surface area contributed by atoms with Crippen molar-refractivity contribution >= 4 is 11.0 Å². The summed E-state index contributed by atoms with van der Waals surface area (Å²) in [6.07, 6.45) is 6.53. The second-order valence-corrected chi connectivity index (χ2v) is 7.56. The van der Waals surface area contributed by atoms with Gasteiger partial charge in [-0.3, -0.25) is 0 Å². The monoisotopic (exact) mass is 319 g/mol. The van der Waals surface area contributed by atoms with E-state index in [4.69, 9.17) is 0 Å². The number of benzene rings is 2. The van der Waals surface area contributed by atoms with Gasteiger partial charge in [0.25, 0.3) is 0 Å². The zero-order valence-electron chi connectivity index (χ0n) is 15.0. The first-order chi connectivity index (χ1) is 11.6. The largest absolute Gasteiger partial charge is 0.245 e. The van der Waals surface area contributed by atoms with Gasteiger partial charge in [-0.2, -0.15) is 0 Å². The molecule has 0 spiro atoms. The number of imidazole rings is 1. The van der Waals surface area contributed by atoms with Gasteiger partial charge in [0.1, 0.15) is 6.54 Å². The number of aromatic nitrogens is 2. The van der Waals surface area contributed by atoms with E-state index in [9.17, 15) is 0 Å².